The molecule has 1 heterocycles. The van der Waals surface area contributed by atoms with Crippen molar-refractivity contribution in [2.45, 2.75) is 13.8 Å². The summed E-state index contributed by atoms with van der Waals surface area (Å²) in [4.78, 5) is 6.21. The summed E-state index contributed by atoms with van der Waals surface area (Å²) in [5.74, 6) is 1.01. The Morgan fingerprint density at radius 2 is 2.30 bits per heavy atom. The predicted molar refractivity (Wildman–Crippen MR) is 43.8 cm³/mol. The minimum absolute atomic E-state index is 1.01. The quantitative estimate of drug-likeness (QED) is 0.495. The fourth-order valence-electron chi connectivity index (χ4n) is 0.942. The van der Waals surface area contributed by atoms with Gasteiger partial charge in [0.2, 0.25) is 0 Å². The van der Waals surface area contributed by atoms with E-state index in [9.17, 15) is 0 Å². The van der Waals surface area contributed by atoms with Gasteiger partial charge >= 0.3 is 0 Å². The summed E-state index contributed by atoms with van der Waals surface area (Å²) in [5, 5.41) is 0. The van der Waals surface area contributed by atoms with Gasteiger partial charge in [-0.15, -0.1) is 0 Å². The Morgan fingerprint density at radius 3 is 2.80 bits per heavy atom. The van der Waals surface area contributed by atoms with Gasteiger partial charge in [-0.25, -0.2) is 4.99 Å². The van der Waals surface area contributed by atoms with E-state index in [1.54, 1.807) is 0 Å². The van der Waals surface area contributed by atoms with Gasteiger partial charge in [-0.05, 0) is 25.5 Å². The largest absolute Gasteiger partial charge is 0.336 e. The summed E-state index contributed by atoms with van der Waals surface area (Å²) in [6, 6.07) is 0. The summed E-state index contributed by atoms with van der Waals surface area (Å²) >= 11 is 0. The SMILES string of the molecule is C/C=C1/N=CC(C)=CN1C. The Balaban J connectivity index is 2.84. The molecule has 1 aliphatic rings. The van der Waals surface area contributed by atoms with Crippen LogP contribution in [0.2, 0.25) is 0 Å². The third kappa shape index (κ3) is 1.26. The van der Waals surface area contributed by atoms with Crippen LogP contribution in [0.4, 0.5) is 0 Å². The molecule has 1 rings (SSSR count). The van der Waals surface area contributed by atoms with E-state index in [1.165, 1.54) is 5.57 Å². The number of rotatable bonds is 0. The number of aliphatic imine (C=N–C) groups is 1. The molecule has 54 valence electrons. The van der Waals surface area contributed by atoms with Crippen molar-refractivity contribution < 1.29 is 0 Å². The summed E-state index contributed by atoms with van der Waals surface area (Å²) in [5.41, 5.74) is 1.19. The Labute approximate surface area is 61.6 Å². The topological polar surface area (TPSA) is 15.6 Å². The zero-order valence-corrected chi connectivity index (χ0v) is 6.63. The molecule has 2 nitrogen and oxygen atoms in total. The van der Waals surface area contributed by atoms with Crippen LogP contribution in [-0.4, -0.2) is 18.2 Å². The highest BCUT2D eigenvalue weighted by molar-refractivity contribution is 5.79. The van der Waals surface area contributed by atoms with Gasteiger partial charge in [-0.1, -0.05) is 0 Å². The molecule has 0 saturated heterocycles. The van der Waals surface area contributed by atoms with Crippen molar-refractivity contribution in [1.82, 2.24) is 4.90 Å². The lowest BCUT2D eigenvalue weighted by Gasteiger charge is -2.18. The Morgan fingerprint density at radius 1 is 1.60 bits per heavy atom. The van der Waals surface area contributed by atoms with Crippen molar-refractivity contribution >= 4 is 6.21 Å². The van der Waals surface area contributed by atoms with Crippen molar-refractivity contribution in [1.29, 1.82) is 0 Å². The molecule has 0 N–H and O–H groups in total. The maximum absolute atomic E-state index is 4.20. The van der Waals surface area contributed by atoms with Crippen LogP contribution in [0.3, 0.4) is 0 Å². The smallest absolute Gasteiger partial charge is 0.127 e. The predicted octanol–water partition coefficient (Wildman–Crippen LogP) is 1.77. The van der Waals surface area contributed by atoms with Crippen LogP contribution in [0.1, 0.15) is 13.8 Å². The van der Waals surface area contributed by atoms with E-state index in [0.29, 0.717) is 0 Å². The van der Waals surface area contributed by atoms with Gasteiger partial charge in [0.1, 0.15) is 5.82 Å². The zero-order valence-electron chi connectivity index (χ0n) is 6.63. The molecule has 0 aromatic heterocycles. The number of nitrogens with zero attached hydrogens (tertiary/aromatic N) is 2. The molecule has 0 bridgehead atoms. The van der Waals surface area contributed by atoms with Gasteiger partial charge in [-0.3, -0.25) is 0 Å². The highest BCUT2D eigenvalue weighted by Crippen LogP contribution is 2.10. The average molecular weight is 136 g/mol. The molecule has 0 unspecified atom stereocenters. The molecular weight excluding hydrogens is 124 g/mol. The van der Waals surface area contributed by atoms with E-state index in [1.807, 2.05) is 38.1 Å². The first kappa shape index (κ1) is 7.06. The van der Waals surface area contributed by atoms with Crippen molar-refractivity contribution in [2.24, 2.45) is 4.99 Å². The molecule has 1 aliphatic heterocycles. The van der Waals surface area contributed by atoms with E-state index in [-0.39, 0.29) is 0 Å². The highest BCUT2D eigenvalue weighted by Gasteiger charge is 2.01. The maximum atomic E-state index is 4.20. The summed E-state index contributed by atoms with van der Waals surface area (Å²) in [6.07, 6.45) is 5.91. The molecule has 0 radical (unpaired) electrons. The molecule has 0 aliphatic carbocycles. The average Bonchev–Trinajstić information content (AvgIpc) is 1.88. The fraction of sp³-hybridized carbons (Fsp3) is 0.375. The molecule has 0 spiro atoms. The van der Waals surface area contributed by atoms with Crippen LogP contribution >= 0.6 is 0 Å². The molecule has 0 aromatic carbocycles. The van der Waals surface area contributed by atoms with Gasteiger partial charge in [0.25, 0.3) is 0 Å². The lowest BCUT2D eigenvalue weighted by Crippen LogP contribution is -2.12. The van der Waals surface area contributed by atoms with Crippen LogP contribution in [0.25, 0.3) is 0 Å². The first-order valence-electron chi connectivity index (χ1n) is 3.35. The second kappa shape index (κ2) is 2.69. The van der Waals surface area contributed by atoms with Gasteiger partial charge in [0.05, 0.1) is 0 Å². The molecule has 0 aromatic rings. The molecule has 2 heteroatoms. The molecule has 0 fully saturated rings. The summed E-state index contributed by atoms with van der Waals surface area (Å²) in [7, 11) is 2.00. The van der Waals surface area contributed by atoms with E-state index in [4.69, 9.17) is 0 Å². The van der Waals surface area contributed by atoms with E-state index in [0.717, 1.165) is 5.82 Å². The first-order chi connectivity index (χ1) is 4.74. The van der Waals surface area contributed by atoms with Crippen LogP contribution in [-0.2, 0) is 0 Å². The zero-order chi connectivity index (χ0) is 7.56. The normalized spacial score (nSPS) is 21.7. The van der Waals surface area contributed by atoms with Crippen molar-refractivity contribution in [3.8, 4) is 0 Å². The van der Waals surface area contributed by atoms with Gasteiger partial charge in [0, 0.05) is 19.5 Å². The Kier molecular flexibility index (Phi) is 1.90. The van der Waals surface area contributed by atoms with Crippen molar-refractivity contribution in [2.75, 3.05) is 7.05 Å². The van der Waals surface area contributed by atoms with Crippen LogP contribution in [0.5, 0.6) is 0 Å². The molecule has 0 saturated carbocycles. The Bertz CT molecular complexity index is 211. The summed E-state index contributed by atoms with van der Waals surface area (Å²) in [6.45, 7) is 4.02. The minimum Gasteiger partial charge on any atom is -0.336 e. The lowest BCUT2D eigenvalue weighted by atomic mass is 10.3. The van der Waals surface area contributed by atoms with E-state index in [2.05, 4.69) is 11.2 Å². The second-order valence-corrected chi connectivity index (χ2v) is 2.39. The Hall–Kier alpha value is -1.05. The van der Waals surface area contributed by atoms with Crippen LogP contribution in [0.15, 0.2) is 28.7 Å². The molecule has 0 amide bonds. The standard InChI is InChI=1S/C8H12N2/c1-4-8-9-5-7(2)6-10(8)3/h4-6H,1-3H3/b8-4-. The van der Waals surface area contributed by atoms with Crippen molar-refractivity contribution in [3.63, 3.8) is 0 Å². The summed E-state index contributed by atoms with van der Waals surface area (Å²) < 4.78 is 0. The van der Waals surface area contributed by atoms with Crippen LogP contribution in [0, 0.1) is 0 Å². The van der Waals surface area contributed by atoms with Gasteiger partial charge in [-0.2, -0.15) is 0 Å². The highest BCUT2D eigenvalue weighted by atomic mass is 15.2. The monoisotopic (exact) mass is 136 g/mol. The lowest BCUT2D eigenvalue weighted by molar-refractivity contribution is 0.553. The molecule has 0 atom stereocenters. The molecular formula is C8H12N2. The number of allylic oxidation sites excluding steroid dienone is 2. The minimum atomic E-state index is 1.01. The van der Waals surface area contributed by atoms with Crippen molar-refractivity contribution in [3.05, 3.63) is 23.7 Å². The molecule has 10 heavy (non-hydrogen) atoms. The first-order valence-corrected chi connectivity index (χ1v) is 3.35. The van der Waals surface area contributed by atoms with E-state index < -0.39 is 0 Å². The van der Waals surface area contributed by atoms with E-state index >= 15 is 0 Å². The third-order valence-corrected chi connectivity index (χ3v) is 1.42. The van der Waals surface area contributed by atoms with Gasteiger partial charge in [0.15, 0.2) is 0 Å². The second-order valence-electron chi connectivity index (χ2n) is 2.39. The fourth-order valence-corrected chi connectivity index (χ4v) is 0.942. The number of hydrogen-bond acceptors (Lipinski definition) is 2. The van der Waals surface area contributed by atoms with Crippen LogP contribution < -0.4 is 0 Å². The maximum Gasteiger partial charge on any atom is 0.127 e. The third-order valence-electron chi connectivity index (χ3n) is 1.42. The van der Waals surface area contributed by atoms with Gasteiger partial charge < -0.3 is 4.90 Å². The number of hydrogen-bond donors (Lipinski definition) is 0.